The smallest absolute Gasteiger partial charge is 0.249 e. The fourth-order valence-corrected chi connectivity index (χ4v) is 3.19. The van der Waals surface area contributed by atoms with Gasteiger partial charge in [0.15, 0.2) is 0 Å². The molecule has 1 saturated heterocycles. The summed E-state index contributed by atoms with van der Waals surface area (Å²) in [4.78, 5) is 24.8. The van der Waals surface area contributed by atoms with Gasteiger partial charge in [-0.05, 0) is 19.1 Å². The monoisotopic (exact) mass is 305 g/mol. The van der Waals surface area contributed by atoms with E-state index in [1.165, 1.54) is 6.92 Å². The van der Waals surface area contributed by atoms with Crippen LogP contribution in [-0.4, -0.2) is 27.0 Å². The Bertz CT molecular complexity index is 541. The molecule has 2 unspecified atom stereocenters. The number of carbonyl (C=O) groups is 2. The van der Waals surface area contributed by atoms with Gasteiger partial charge < -0.3 is 0 Å². The van der Waals surface area contributed by atoms with Gasteiger partial charge in [-0.1, -0.05) is 29.3 Å². The van der Waals surface area contributed by atoms with Crippen LogP contribution < -0.4 is 4.90 Å². The minimum Gasteiger partial charge on any atom is -0.273 e. The number of carbonyl (C=O) groups excluding carboxylic acids is 2. The third-order valence-corrected chi connectivity index (χ3v) is 4.77. The van der Waals surface area contributed by atoms with Gasteiger partial charge in [0.25, 0.3) is 0 Å². The van der Waals surface area contributed by atoms with Crippen molar-refractivity contribution in [1.29, 1.82) is 0 Å². The molecule has 0 bridgehead atoms. The summed E-state index contributed by atoms with van der Waals surface area (Å²) in [5, 5.41) is -0.316. The zero-order chi connectivity index (χ0) is 13.4. The molecular formula is C11H9Cl2NO3S. The van der Waals surface area contributed by atoms with Crippen LogP contribution >= 0.6 is 23.2 Å². The van der Waals surface area contributed by atoms with E-state index in [4.69, 9.17) is 23.2 Å². The number of hydrogen-bond acceptors (Lipinski definition) is 3. The second kappa shape index (κ2) is 4.99. The van der Waals surface area contributed by atoms with Crippen LogP contribution in [0.4, 0.5) is 5.69 Å². The summed E-state index contributed by atoms with van der Waals surface area (Å²) in [6, 6.07) is 4.70. The number of halogens is 2. The summed E-state index contributed by atoms with van der Waals surface area (Å²) < 4.78 is 11.5. The normalized spacial score (nSPS) is 24.5. The number of rotatable bonds is 1. The van der Waals surface area contributed by atoms with Gasteiger partial charge in [0, 0.05) is 10.8 Å². The average Bonchev–Trinajstić information content (AvgIpc) is 2.30. The number of para-hydroxylation sites is 1. The lowest BCUT2D eigenvalue weighted by molar-refractivity contribution is -0.125. The Balaban J connectivity index is 2.53. The zero-order valence-corrected chi connectivity index (χ0v) is 11.7. The van der Waals surface area contributed by atoms with Crippen molar-refractivity contribution in [2.75, 3.05) is 10.7 Å². The van der Waals surface area contributed by atoms with Gasteiger partial charge in [-0.25, -0.2) is 4.90 Å². The molecular weight excluding hydrogens is 297 g/mol. The molecule has 0 N–H and O–H groups in total. The highest BCUT2D eigenvalue weighted by molar-refractivity contribution is 7.87. The second-order valence-corrected chi connectivity index (χ2v) is 6.38. The highest BCUT2D eigenvalue weighted by Gasteiger charge is 2.39. The Morgan fingerprint density at radius 1 is 1.28 bits per heavy atom. The third-order valence-electron chi connectivity index (χ3n) is 2.64. The number of nitrogens with zero attached hydrogens (tertiary/aromatic N) is 1. The van der Waals surface area contributed by atoms with Crippen molar-refractivity contribution in [2.45, 2.75) is 12.2 Å². The summed E-state index contributed by atoms with van der Waals surface area (Å²) in [5.41, 5.74) is 0.166. The van der Waals surface area contributed by atoms with E-state index in [1.807, 2.05) is 0 Å². The Hall–Kier alpha value is -0.910. The van der Waals surface area contributed by atoms with Gasteiger partial charge in [-0.3, -0.25) is 13.8 Å². The maximum absolute atomic E-state index is 12.0. The van der Waals surface area contributed by atoms with Crippen LogP contribution in [0.5, 0.6) is 0 Å². The predicted octanol–water partition coefficient (Wildman–Crippen LogP) is 2.00. The number of benzene rings is 1. The van der Waals surface area contributed by atoms with Crippen LogP contribution in [0.1, 0.15) is 6.92 Å². The molecule has 0 spiro atoms. The first kappa shape index (κ1) is 13.5. The standard InChI is InChI=1S/C11H9Cl2NO3S/c1-6-11(16)14(9(15)5-18(6)17)10-7(12)3-2-4-8(10)13/h2-4,6H,5H2,1H3. The lowest BCUT2D eigenvalue weighted by atomic mass is 10.2. The van der Waals surface area contributed by atoms with Gasteiger partial charge in [-0.2, -0.15) is 0 Å². The van der Waals surface area contributed by atoms with Crippen molar-refractivity contribution < 1.29 is 13.8 Å². The van der Waals surface area contributed by atoms with Crippen molar-refractivity contribution in [3.8, 4) is 0 Å². The summed E-state index contributed by atoms with van der Waals surface area (Å²) in [6.45, 7) is 1.52. The van der Waals surface area contributed by atoms with Gasteiger partial charge in [0.2, 0.25) is 11.8 Å². The minimum absolute atomic E-state index is 0.166. The maximum atomic E-state index is 12.0. The largest absolute Gasteiger partial charge is 0.273 e. The molecule has 1 aromatic rings. The minimum atomic E-state index is -1.48. The molecule has 4 nitrogen and oxygen atoms in total. The zero-order valence-electron chi connectivity index (χ0n) is 9.35. The van der Waals surface area contributed by atoms with Crippen molar-refractivity contribution >= 4 is 51.5 Å². The van der Waals surface area contributed by atoms with Crippen molar-refractivity contribution in [3.63, 3.8) is 0 Å². The van der Waals surface area contributed by atoms with Crippen molar-refractivity contribution in [3.05, 3.63) is 28.2 Å². The summed E-state index contributed by atoms with van der Waals surface area (Å²) in [5.74, 6) is -1.29. The topological polar surface area (TPSA) is 54.5 Å². The molecule has 0 saturated carbocycles. The van der Waals surface area contributed by atoms with E-state index in [0.717, 1.165) is 4.90 Å². The summed E-state index contributed by atoms with van der Waals surface area (Å²) in [6.07, 6.45) is 0. The van der Waals surface area contributed by atoms with E-state index in [9.17, 15) is 13.8 Å². The molecule has 0 aliphatic carbocycles. The molecule has 1 fully saturated rings. The third kappa shape index (κ3) is 2.18. The summed E-state index contributed by atoms with van der Waals surface area (Å²) >= 11 is 11.9. The molecule has 2 amide bonds. The molecule has 96 valence electrons. The fourth-order valence-electron chi connectivity index (χ4n) is 1.67. The van der Waals surface area contributed by atoms with Gasteiger partial charge in [0.05, 0.1) is 15.7 Å². The summed E-state index contributed by atoms with van der Waals surface area (Å²) in [7, 11) is -1.48. The number of amides is 2. The van der Waals surface area contributed by atoms with Crippen LogP contribution in [0.25, 0.3) is 0 Å². The van der Waals surface area contributed by atoms with Crippen LogP contribution in [0.3, 0.4) is 0 Å². The molecule has 1 aromatic carbocycles. The molecule has 18 heavy (non-hydrogen) atoms. The average molecular weight is 306 g/mol. The molecule has 1 heterocycles. The van der Waals surface area contributed by atoms with E-state index >= 15 is 0 Å². The van der Waals surface area contributed by atoms with E-state index < -0.39 is 27.9 Å². The number of imide groups is 1. The Morgan fingerprint density at radius 2 is 1.83 bits per heavy atom. The van der Waals surface area contributed by atoms with Crippen LogP contribution in [0, 0.1) is 0 Å². The lowest BCUT2D eigenvalue weighted by Crippen LogP contribution is -2.52. The Morgan fingerprint density at radius 3 is 2.39 bits per heavy atom. The van der Waals surface area contributed by atoms with Gasteiger partial charge in [-0.15, -0.1) is 0 Å². The molecule has 0 radical (unpaired) electrons. The Labute approximate surface area is 116 Å². The molecule has 1 aliphatic heterocycles. The van der Waals surface area contributed by atoms with E-state index in [2.05, 4.69) is 0 Å². The Kier molecular flexibility index (Phi) is 3.75. The van der Waals surface area contributed by atoms with Crippen LogP contribution in [-0.2, 0) is 20.4 Å². The molecule has 2 rings (SSSR count). The first-order valence-corrected chi connectivity index (χ1v) is 7.25. The van der Waals surface area contributed by atoms with Crippen LogP contribution in [0.2, 0.25) is 10.0 Å². The van der Waals surface area contributed by atoms with Gasteiger partial charge >= 0.3 is 0 Å². The first-order valence-electron chi connectivity index (χ1n) is 5.11. The predicted molar refractivity (Wildman–Crippen MR) is 71.4 cm³/mol. The lowest BCUT2D eigenvalue weighted by Gasteiger charge is -2.29. The molecule has 7 heteroatoms. The van der Waals surface area contributed by atoms with E-state index in [1.54, 1.807) is 18.2 Å². The van der Waals surface area contributed by atoms with Crippen molar-refractivity contribution in [2.24, 2.45) is 0 Å². The fraction of sp³-hybridized carbons (Fsp3) is 0.273. The van der Waals surface area contributed by atoms with Crippen LogP contribution in [0.15, 0.2) is 18.2 Å². The number of hydrogen-bond donors (Lipinski definition) is 0. The van der Waals surface area contributed by atoms with Crippen molar-refractivity contribution in [1.82, 2.24) is 0 Å². The quantitative estimate of drug-likeness (QED) is 0.746. The molecule has 2 atom stereocenters. The SMILES string of the molecule is CC1C(=O)N(c2c(Cl)cccc2Cl)C(=O)CS1=O. The van der Waals surface area contributed by atoms with E-state index in [0.29, 0.717) is 0 Å². The van der Waals surface area contributed by atoms with Gasteiger partial charge in [0.1, 0.15) is 11.0 Å². The van der Waals surface area contributed by atoms with E-state index in [-0.39, 0.29) is 21.5 Å². The molecule has 1 aliphatic rings. The maximum Gasteiger partial charge on any atom is 0.249 e. The highest BCUT2D eigenvalue weighted by atomic mass is 35.5. The molecule has 0 aromatic heterocycles. The highest BCUT2D eigenvalue weighted by Crippen LogP contribution is 2.35. The second-order valence-electron chi connectivity index (χ2n) is 3.80. The number of anilines is 1. The first-order chi connectivity index (χ1) is 8.43.